The summed E-state index contributed by atoms with van der Waals surface area (Å²) in [6.07, 6.45) is 1.40. The molecule has 1 aromatic heterocycles. The fourth-order valence-corrected chi connectivity index (χ4v) is 2.14. The molecule has 20 heavy (non-hydrogen) atoms. The minimum Gasteiger partial charge on any atom is -0.335 e. The van der Waals surface area contributed by atoms with Crippen molar-refractivity contribution in [1.29, 1.82) is 10.5 Å². The van der Waals surface area contributed by atoms with Crippen molar-refractivity contribution >= 4 is 5.91 Å². The summed E-state index contributed by atoms with van der Waals surface area (Å²) in [5.74, 6) is -0.126. The summed E-state index contributed by atoms with van der Waals surface area (Å²) in [6.45, 7) is 4.42. The average Bonchev–Trinajstić information content (AvgIpc) is 2.53. The topological polar surface area (TPSA) is 84.0 Å². The van der Waals surface area contributed by atoms with Crippen LogP contribution in [0.25, 0.3) is 0 Å². The van der Waals surface area contributed by atoms with Crippen molar-refractivity contribution in [2.75, 3.05) is 26.2 Å². The summed E-state index contributed by atoms with van der Waals surface area (Å²) in [4.78, 5) is 20.0. The number of hydrogen-bond donors (Lipinski definition) is 0. The molecule has 0 saturated carbocycles. The minimum absolute atomic E-state index is 0.125. The first-order chi connectivity index (χ1) is 9.65. The van der Waals surface area contributed by atoms with E-state index in [-0.39, 0.29) is 11.9 Å². The monoisotopic (exact) mass is 269 g/mol. The van der Waals surface area contributed by atoms with Gasteiger partial charge in [-0.25, -0.2) is 4.98 Å². The van der Waals surface area contributed by atoms with Crippen LogP contribution in [0.1, 0.15) is 23.0 Å². The molecule has 6 heteroatoms. The first kappa shape index (κ1) is 14.0. The number of carbonyl (C=O) groups excluding carboxylic acids is 1. The third kappa shape index (κ3) is 2.93. The number of hydrogen-bond acceptors (Lipinski definition) is 5. The van der Waals surface area contributed by atoms with E-state index < -0.39 is 0 Å². The smallest absolute Gasteiger partial charge is 0.272 e. The van der Waals surface area contributed by atoms with E-state index >= 15 is 0 Å². The number of pyridine rings is 1. The molecule has 1 unspecified atom stereocenters. The molecule has 1 aliphatic heterocycles. The number of piperazine rings is 1. The van der Waals surface area contributed by atoms with Crippen molar-refractivity contribution in [2.24, 2.45) is 0 Å². The Morgan fingerprint density at radius 2 is 2.00 bits per heavy atom. The normalized spacial score (nSPS) is 17.1. The second-order valence-electron chi connectivity index (χ2n) is 4.68. The Bertz CT molecular complexity index is 561. The molecule has 0 bridgehead atoms. The minimum atomic E-state index is -0.126. The van der Waals surface area contributed by atoms with Crippen molar-refractivity contribution in [3.8, 4) is 12.1 Å². The fraction of sp³-hybridized carbons (Fsp3) is 0.429. The number of carbonyl (C=O) groups is 1. The largest absolute Gasteiger partial charge is 0.335 e. The first-order valence-electron chi connectivity index (χ1n) is 6.45. The molecule has 0 aliphatic carbocycles. The summed E-state index contributed by atoms with van der Waals surface area (Å²) in [7, 11) is 0. The molecule has 1 aromatic rings. The lowest BCUT2D eigenvalue weighted by atomic mass is 10.2. The maximum atomic E-state index is 12.2. The molecule has 2 rings (SSSR count). The molecular formula is C14H15N5O. The Morgan fingerprint density at radius 3 is 2.50 bits per heavy atom. The van der Waals surface area contributed by atoms with Crippen LogP contribution in [0.4, 0.5) is 0 Å². The van der Waals surface area contributed by atoms with E-state index in [1.807, 2.05) is 13.0 Å². The molecule has 1 fully saturated rings. The van der Waals surface area contributed by atoms with Gasteiger partial charge in [0.2, 0.25) is 0 Å². The van der Waals surface area contributed by atoms with Crippen LogP contribution in [0.15, 0.2) is 18.3 Å². The lowest BCUT2D eigenvalue weighted by Gasteiger charge is -2.35. The van der Waals surface area contributed by atoms with E-state index in [4.69, 9.17) is 10.5 Å². The fourth-order valence-electron chi connectivity index (χ4n) is 2.14. The highest BCUT2D eigenvalue weighted by atomic mass is 16.2. The third-order valence-electron chi connectivity index (χ3n) is 3.45. The molecule has 0 spiro atoms. The van der Waals surface area contributed by atoms with Crippen LogP contribution in [0.5, 0.6) is 0 Å². The van der Waals surface area contributed by atoms with Crippen LogP contribution in [0.2, 0.25) is 0 Å². The third-order valence-corrected chi connectivity index (χ3v) is 3.45. The molecule has 0 N–H and O–H groups in total. The Balaban J connectivity index is 1.98. The molecule has 1 amide bonds. The van der Waals surface area contributed by atoms with E-state index in [0.717, 1.165) is 0 Å². The van der Waals surface area contributed by atoms with Gasteiger partial charge in [-0.15, -0.1) is 0 Å². The zero-order chi connectivity index (χ0) is 14.5. The van der Waals surface area contributed by atoms with Gasteiger partial charge in [0.15, 0.2) is 0 Å². The molecule has 1 aliphatic rings. The van der Waals surface area contributed by atoms with Crippen LogP contribution in [-0.4, -0.2) is 52.9 Å². The van der Waals surface area contributed by atoms with Gasteiger partial charge in [0.25, 0.3) is 5.91 Å². The highest BCUT2D eigenvalue weighted by Crippen LogP contribution is 2.09. The zero-order valence-electron chi connectivity index (χ0n) is 11.3. The lowest BCUT2D eigenvalue weighted by Crippen LogP contribution is -2.51. The summed E-state index contributed by atoms with van der Waals surface area (Å²) < 4.78 is 0. The number of aromatic nitrogens is 1. The van der Waals surface area contributed by atoms with Crippen molar-refractivity contribution < 1.29 is 4.79 Å². The second-order valence-corrected chi connectivity index (χ2v) is 4.68. The summed E-state index contributed by atoms with van der Waals surface area (Å²) in [5, 5.41) is 17.6. The zero-order valence-corrected chi connectivity index (χ0v) is 11.3. The van der Waals surface area contributed by atoms with Gasteiger partial charge in [-0.3, -0.25) is 9.69 Å². The first-order valence-corrected chi connectivity index (χ1v) is 6.45. The maximum Gasteiger partial charge on any atom is 0.272 e. The predicted molar refractivity (Wildman–Crippen MR) is 71.5 cm³/mol. The quantitative estimate of drug-likeness (QED) is 0.786. The Kier molecular flexibility index (Phi) is 4.29. The number of amides is 1. The van der Waals surface area contributed by atoms with Crippen molar-refractivity contribution in [3.05, 3.63) is 29.6 Å². The van der Waals surface area contributed by atoms with Crippen LogP contribution in [0.3, 0.4) is 0 Å². The van der Waals surface area contributed by atoms with Crippen molar-refractivity contribution in [2.45, 2.75) is 13.0 Å². The number of rotatable bonds is 2. The van der Waals surface area contributed by atoms with Gasteiger partial charge in [0, 0.05) is 32.4 Å². The van der Waals surface area contributed by atoms with Crippen LogP contribution in [0, 0.1) is 22.7 Å². The van der Waals surface area contributed by atoms with Gasteiger partial charge in [0.05, 0.1) is 17.7 Å². The molecule has 1 saturated heterocycles. The Hall–Kier alpha value is -2.44. The molecule has 6 nitrogen and oxygen atoms in total. The van der Waals surface area contributed by atoms with E-state index in [9.17, 15) is 4.79 Å². The molecular weight excluding hydrogens is 254 g/mol. The summed E-state index contributed by atoms with van der Waals surface area (Å²) in [6, 6.07) is 7.22. The highest BCUT2D eigenvalue weighted by Gasteiger charge is 2.25. The molecule has 0 radical (unpaired) electrons. The van der Waals surface area contributed by atoms with Crippen LogP contribution in [-0.2, 0) is 0 Å². The highest BCUT2D eigenvalue weighted by molar-refractivity contribution is 5.92. The SMILES string of the molecule is CC(C#N)N1CCN(C(=O)c2ccc(C#N)cn2)CC1. The van der Waals surface area contributed by atoms with E-state index in [1.165, 1.54) is 6.20 Å². The van der Waals surface area contributed by atoms with Gasteiger partial charge in [-0.2, -0.15) is 10.5 Å². The summed E-state index contributed by atoms with van der Waals surface area (Å²) >= 11 is 0. The average molecular weight is 269 g/mol. The number of nitriles is 2. The maximum absolute atomic E-state index is 12.2. The molecule has 2 heterocycles. The summed E-state index contributed by atoms with van der Waals surface area (Å²) in [5.41, 5.74) is 0.792. The van der Waals surface area contributed by atoms with E-state index in [1.54, 1.807) is 17.0 Å². The Morgan fingerprint density at radius 1 is 1.30 bits per heavy atom. The van der Waals surface area contributed by atoms with Crippen molar-refractivity contribution in [1.82, 2.24) is 14.8 Å². The van der Waals surface area contributed by atoms with Gasteiger partial charge >= 0.3 is 0 Å². The van der Waals surface area contributed by atoms with E-state index in [0.29, 0.717) is 37.4 Å². The second kappa shape index (κ2) is 6.14. The van der Waals surface area contributed by atoms with E-state index in [2.05, 4.69) is 16.0 Å². The van der Waals surface area contributed by atoms with Crippen molar-refractivity contribution in [3.63, 3.8) is 0 Å². The van der Waals surface area contributed by atoms with Gasteiger partial charge in [-0.05, 0) is 19.1 Å². The predicted octanol–water partition coefficient (Wildman–Crippen LogP) is 0.623. The molecule has 0 aromatic carbocycles. The Labute approximate surface area is 117 Å². The molecule has 1 atom stereocenters. The standard InChI is InChI=1S/C14H15N5O/c1-11(8-15)18-4-6-19(7-5-18)14(20)13-3-2-12(9-16)10-17-13/h2-3,10-11H,4-7H2,1H3. The van der Waals surface area contributed by atoms with Gasteiger partial charge in [0.1, 0.15) is 11.8 Å². The van der Waals surface area contributed by atoms with Gasteiger partial charge in [-0.1, -0.05) is 0 Å². The molecule has 102 valence electrons. The lowest BCUT2D eigenvalue weighted by molar-refractivity contribution is 0.0610. The van der Waals surface area contributed by atoms with Gasteiger partial charge < -0.3 is 4.90 Å². The van der Waals surface area contributed by atoms with Crippen LogP contribution >= 0.6 is 0 Å². The number of nitrogens with zero attached hydrogens (tertiary/aromatic N) is 5. The van der Waals surface area contributed by atoms with Crippen LogP contribution < -0.4 is 0 Å².